The quantitative estimate of drug-likeness (QED) is 0.269. The number of hydrogen-bond donors (Lipinski definition) is 1. The Balaban J connectivity index is 1.21. The van der Waals surface area contributed by atoms with E-state index in [2.05, 4.69) is 0 Å². The van der Waals surface area contributed by atoms with Gasteiger partial charge in [0.15, 0.2) is 12.2 Å². The van der Waals surface area contributed by atoms with Crippen molar-refractivity contribution in [1.82, 2.24) is 4.90 Å². The minimum Gasteiger partial charge on any atom is -0.482 e. The summed E-state index contributed by atoms with van der Waals surface area (Å²) in [5.74, 6) is -0.553. The van der Waals surface area contributed by atoms with Gasteiger partial charge in [-0.15, -0.1) is 0 Å². The lowest BCUT2D eigenvalue weighted by atomic mass is 9.82. The Kier molecular flexibility index (Phi) is 7.97. The molecular formula is C36H40FN3O6Si. The van der Waals surface area contributed by atoms with Gasteiger partial charge in [-0.1, -0.05) is 49.4 Å². The summed E-state index contributed by atoms with van der Waals surface area (Å²) in [6, 6.07) is 22.1. The Hall–Kier alpha value is -4.06. The summed E-state index contributed by atoms with van der Waals surface area (Å²) in [7, 11) is -3.45. The zero-order valence-corrected chi connectivity index (χ0v) is 27.9. The molecule has 0 aliphatic carbocycles. The van der Waals surface area contributed by atoms with E-state index in [0.29, 0.717) is 34.9 Å². The van der Waals surface area contributed by atoms with Crippen LogP contribution in [0, 0.1) is 5.92 Å². The van der Waals surface area contributed by atoms with Crippen molar-refractivity contribution in [3.8, 4) is 5.75 Å². The first-order valence-electron chi connectivity index (χ1n) is 16.4. The van der Waals surface area contributed by atoms with E-state index in [0.717, 1.165) is 18.4 Å². The Bertz CT molecular complexity index is 1730. The van der Waals surface area contributed by atoms with Gasteiger partial charge in [0, 0.05) is 29.3 Å². The number of hydrogen-bond acceptors (Lipinski definition) is 6. The fourth-order valence-electron chi connectivity index (χ4n) is 8.36. The van der Waals surface area contributed by atoms with E-state index in [1.807, 2.05) is 79.7 Å². The number of ether oxygens (including phenoxy) is 2. The van der Waals surface area contributed by atoms with Gasteiger partial charge in [0.2, 0.25) is 14.3 Å². The van der Waals surface area contributed by atoms with Gasteiger partial charge >= 0.3 is 0 Å². The van der Waals surface area contributed by atoms with Crippen LogP contribution in [0.4, 0.5) is 21.2 Å². The molecule has 3 aromatic carbocycles. The van der Waals surface area contributed by atoms with Crippen molar-refractivity contribution in [2.45, 2.75) is 69.1 Å². The highest BCUT2D eigenvalue weighted by atomic mass is 28.4. The number of aliphatic hydroxyl groups is 1. The molecular weight excluding hydrogens is 617 g/mol. The third-order valence-electron chi connectivity index (χ3n) is 10.4. The third-order valence-corrected chi connectivity index (χ3v) is 12.8. The Morgan fingerprint density at radius 3 is 2.55 bits per heavy atom. The molecule has 11 heteroatoms. The number of fused-ring (bicyclic) bond motifs is 3. The molecule has 9 nitrogen and oxygen atoms in total. The van der Waals surface area contributed by atoms with Crippen LogP contribution >= 0.6 is 0 Å². The Morgan fingerprint density at radius 1 is 1.04 bits per heavy atom. The highest BCUT2D eigenvalue weighted by Crippen LogP contribution is 2.60. The molecule has 3 aromatic rings. The summed E-state index contributed by atoms with van der Waals surface area (Å²) in [5, 5.41) is 9.83. The van der Waals surface area contributed by atoms with E-state index in [4.69, 9.17) is 9.47 Å². The molecule has 1 spiro atoms. The van der Waals surface area contributed by atoms with Gasteiger partial charge in [-0.2, -0.15) is 0 Å². The van der Waals surface area contributed by atoms with E-state index < -0.39 is 31.6 Å². The highest BCUT2D eigenvalue weighted by molar-refractivity contribution is 6.72. The SMILES string of the molecule is C[C@@H]1[C@@H]([Si](C)(C)F)[C@H](CC(=O)N2CCC[C@H]2CO)O[C@@]12C(=O)N(Cc1cccc(N3C(=O)COc4ccccc43)c1)c1ccccc12. The number of halogens is 1. The molecule has 0 saturated carbocycles. The van der Waals surface area contributed by atoms with Crippen molar-refractivity contribution >= 4 is 43.2 Å². The Labute approximate surface area is 275 Å². The number of benzene rings is 3. The number of carbonyl (C=O) groups excluding carboxylic acids is 3. The van der Waals surface area contributed by atoms with Crippen LogP contribution in [-0.4, -0.2) is 68.0 Å². The summed E-state index contributed by atoms with van der Waals surface area (Å²) < 4.78 is 28.6. The number of para-hydroxylation sites is 3. The van der Waals surface area contributed by atoms with Crippen molar-refractivity contribution in [3.63, 3.8) is 0 Å². The minimum absolute atomic E-state index is 0.0415. The molecule has 1 N–H and O–H groups in total. The van der Waals surface area contributed by atoms with Crippen LogP contribution in [-0.2, 0) is 31.3 Å². The largest absolute Gasteiger partial charge is 0.482 e. The molecule has 2 saturated heterocycles. The van der Waals surface area contributed by atoms with E-state index in [-0.39, 0.29) is 49.9 Å². The van der Waals surface area contributed by atoms with Crippen molar-refractivity contribution in [2.75, 3.05) is 29.6 Å². The lowest BCUT2D eigenvalue weighted by molar-refractivity contribution is -0.150. The van der Waals surface area contributed by atoms with Gasteiger partial charge in [-0.05, 0) is 61.8 Å². The summed E-state index contributed by atoms with van der Waals surface area (Å²) in [5.41, 5.74) is 1.44. The molecule has 4 aliphatic rings. The number of amides is 3. The molecule has 246 valence electrons. The average Bonchev–Trinajstić information content (AvgIpc) is 3.71. The molecule has 4 heterocycles. The number of carbonyl (C=O) groups is 3. The minimum atomic E-state index is -3.45. The van der Waals surface area contributed by atoms with Crippen molar-refractivity contribution in [2.24, 2.45) is 5.92 Å². The lowest BCUT2D eigenvalue weighted by Gasteiger charge is -2.31. The fraction of sp³-hybridized carbons (Fsp3) is 0.417. The average molecular weight is 658 g/mol. The van der Waals surface area contributed by atoms with E-state index in [1.165, 1.54) is 0 Å². The second kappa shape index (κ2) is 11.9. The maximum Gasteiger partial charge on any atom is 0.269 e. The van der Waals surface area contributed by atoms with Gasteiger partial charge in [0.05, 0.1) is 43.1 Å². The van der Waals surface area contributed by atoms with Gasteiger partial charge < -0.3 is 28.5 Å². The van der Waals surface area contributed by atoms with E-state index in [1.54, 1.807) is 27.8 Å². The van der Waals surface area contributed by atoms with Crippen LogP contribution in [0.25, 0.3) is 0 Å². The maximum absolute atomic E-state index is 16.2. The second-order valence-corrected chi connectivity index (χ2v) is 17.4. The summed E-state index contributed by atoms with van der Waals surface area (Å²) in [6.45, 7) is 5.70. The predicted molar refractivity (Wildman–Crippen MR) is 178 cm³/mol. The predicted octanol–water partition coefficient (Wildman–Crippen LogP) is 5.44. The van der Waals surface area contributed by atoms with Gasteiger partial charge in [0.25, 0.3) is 11.8 Å². The molecule has 7 rings (SSSR count). The molecule has 47 heavy (non-hydrogen) atoms. The van der Waals surface area contributed by atoms with Crippen LogP contribution in [0.3, 0.4) is 0 Å². The fourth-order valence-corrected chi connectivity index (χ4v) is 10.9. The van der Waals surface area contributed by atoms with Crippen LogP contribution in [0.2, 0.25) is 18.6 Å². The summed E-state index contributed by atoms with van der Waals surface area (Å²) >= 11 is 0. The van der Waals surface area contributed by atoms with Crippen LogP contribution < -0.4 is 14.5 Å². The summed E-state index contributed by atoms with van der Waals surface area (Å²) in [4.78, 5) is 46.3. The molecule has 2 fully saturated rings. The second-order valence-electron chi connectivity index (χ2n) is 13.6. The van der Waals surface area contributed by atoms with E-state index in [9.17, 15) is 19.5 Å². The van der Waals surface area contributed by atoms with Crippen molar-refractivity contribution in [1.29, 1.82) is 0 Å². The Morgan fingerprint density at radius 2 is 1.79 bits per heavy atom. The lowest BCUT2D eigenvalue weighted by Crippen LogP contribution is -2.45. The first-order chi connectivity index (χ1) is 22.5. The monoisotopic (exact) mass is 657 g/mol. The van der Waals surface area contributed by atoms with E-state index >= 15 is 4.11 Å². The first kappa shape index (κ1) is 31.5. The van der Waals surface area contributed by atoms with Gasteiger partial charge in [-0.3, -0.25) is 19.3 Å². The molecule has 4 aliphatic heterocycles. The number of likely N-dealkylation sites (tertiary alicyclic amines) is 1. The molecule has 0 aromatic heterocycles. The smallest absolute Gasteiger partial charge is 0.269 e. The number of nitrogens with zero attached hydrogens (tertiary/aromatic N) is 3. The molecule has 0 radical (unpaired) electrons. The van der Waals surface area contributed by atoms with Gasteiger partial charge in [0.1, 0.15) is 5.75 Å². The van der Waals surface area contributed by atoms with Crippen LogP contribution in [0.15, 0.2) is 72.8 Å². The molecule has 0 unspecified atom stereocenters. The normalized spacial score (nSPS) is 27.0. The van der Waals surface area contributed by atoms with Crippen molar-refractivity contribution in [3.05, 3.63) is 83.9 Å². The molecule has 0 bridgehead atoms. The zero-order valence-electron chi connectivity index (χ0n) is 26.9. The summed E-state index contributed by atoms with van der Waals surface area (Å²) in [6.07, 6.45) is 0.718. The number of aliphatic hydroxyl groups excluding tert-OH is 1. The van der Waals surface area contributed by atoms with Crippen LogP contribution in [0.5, 0.6) is 5.75 Å². The molecule has 3 amide bonds. The highest BCUT2D eigenvalue weighted by Gasteiger charge is 2.67. The number of rotatable bonds is 7. The molecule has 5 atom stereocenters. The first-order valence-corrected chi connectivity index (χ1v) is 19.3. The van der Waals surface area contributed by atoms with Crippen LogP contribution in [0.1, 0.15) is 37.3 Å². The number of anilines is 3. The third kappa shape index (κ3) is 5.15. The maximum atomic E-state index is 16.2. The standard InChI is InChI=1S/C36H40FN3O6Si/c1-23-34(47(2,3)37)31(19-32(42)38-17-9-12-26(38)21-41)46-36(23)27-13-4-5-14-28(27)39(35(36)44)20-24-10-8-11-25(18-24)40-29-15-6-7-16-30(29)45-22-33(40)43/h4-8,10-11,13-16,18,23,26,31,34,41H,9,12,17,19-22H2,1-3H3/t23-,26+,31+,34-,36+/m1/s1. The zero-order chi connectivity index (χ0) is 33.1. The van der Waals surface area contributed by atoms with Crippen molar-refractivity contribution < 1.29 is 33.1 Å². The van der Waals surface area contributed by atoms with Gasteiger partial charge in [-0.25, -0.2) is 0 Å². The topological polar surface area (TPSA) is 99.6 Å².